The summed E-state index contributed by atoms with van der Waals surface area (Å²) in [5, 5.41) is 15.0. The van der Waals surface area contributed by atoms with Crippen LogP contribution in [-0.2, 0) is 6.54 Å². The molecule has 2 aromatic rings. The molecule has 0 amide bonds. The van der Waals surface area contributed by atoms with Crippen molar-refractivity contribution in [2.24, 2.45) is 0 Å². The molecule has 3 heteroatoms. The second kappa shape index (κ2) is 7.08. The molecule has 0 heterocycles. The van der Waals surface area contributed by atoms with Crippen molar-refractivity contribution in [3.63, 3.8) is 0 Å². The first-order valence-corrected chi connectivity index (χ1v) is 6.85. The molecule has 0 aliphatic heterocycles. The van der Waals surface area contributed by atoms with Gasteiger partial charge in [-0.3, -0.25) is 0 Å². The zero-order valence-electron chi connectivity index (χ0n) is 11.8. The van der Waals surface area contributed by atoms with Gasteiger partial charge in [0, 0.05) is 18.7 Å². The molecule has 1 unspecified atom stereocenters. The molecule has 1 atom stereocenters. The van der Waals surface area contributed by atoms with Gasteiger partial charge >= 0.3 is 0 Å². The van der Waals surface area contributed by atoms with Gasteiger partial charge in [-0.2, -0.15) is 0 Å². The largest absolute Gasteiger partial charge is 0.489 e. The molecule has 0 spiro atoms. The molecule has 0 aromatic heterocycles. The SMILES string of the molecule is C=CCOc1ccc2ccccc2c1CNCC(C)O. The summed E-state index contributed by atoms with van der Waals surface area (Å²) in [6.45, 7) is 7.16. The first-order chi connectivity index (χ1) is 9.72. The number of nitrogens with one attached hydrogen (secondary N) is 1. The molecule has 2 rings (SSSR count). The number of ether oxygens (including phenoxy) is 1. The molecule has 0 radical (unpaired) electrons. The molecule has 3 nitrogen and oxygen atoms in total. The molecular formula is C17H21NO2. The Morgan fingerprint density at radius 1 is 1.30 bits per heavy atom. The van der Waals surface area contributed by atoms with Crippen LogP contribution in [-0.4, -0.2) is 24.4 Å². The lowest BCUT2D eigenvalue weighted by atomic mass is 10.0. The van der Waals surface area contributed by atoms with Crippen LogP contribution in [0.15, 0.2) is 49.1 Å². The van der Waals surface area contributed by atoms with E-state index in [0.29, 0.717) is 19.7 Å². The zero-order chi connectivity index (χ0) is 14.4. The van der Waals surface area contributed by atoms with Gasteiger partial charge in [0.05, 0.1) is 6.10 Å². The molecule has 2 N–H and O–H groups in total. The van der Waals surface area contributed by atoms with E-state index in [4.69, 9.17) is 4.74 Å². The second-order valence-electron chi connectivity index (χ2n) is 4.84. The van der Waals surface area contributed by atoms with Crippen LogP contribution in [0.5, 0.6) is 5.75 Å². The van der Waals surface area contributed by atoms with E-state index in [9.17, 15) is 5.11 Å². The smallest absolute Gasteiger partial charge is 0.124 e. The van der Waals surface area contributed by atoms with Crippen LogP contribution >= 0.6 is 0 Å². The van der Waals surface area contributed by atoms with E-state index in [2.05, 4.69) is 30.1 Å². The summed E-state index contributed by atoms with van der Waals surface area (Å²) in [6, 6.07) is 12.3. The van der Waals surface area contributed by atoms with E-state index in [1.54, 1.807) is 13.0 Å². The Bertz CT molecular complexity index is 578. The van der Waals surface area contributed by atoms with Crippen LogP contribution in [0.1, 0.15) is 12.5 Å². The summed E-state index contributed by atoms with van der Waals surface area (Å²) in [4.78, 5) is 0. The molecular weight excluding hydrogens is 250 g/mol. The number of benzene rings is 2. The highest BCUT2D eigenvalue weighted by Gasteiger charge is 2.08. The van der Waals surface area contributed by atoms with Gasteiger partial charge in [-0.05, 0) is 23.8 Å². The summed E-state index contributed by atoms with van der Waals surface area (Å²) >= 11 is 0. The fourth-order valence-corrected chi connectivity index (χ4v) is 2.19. The molecule has 2 aromatic carbocycles. The predicted molar refractivity (Wildman–Crippen MR) is 83.0 cm³/mol. The Balaban J connectivity index is 2.31. The molecule has 0 aliphatic rings. The third-order valence-corrected chi connectivity index (χ3v) is 3.10. The van der Waals surface area contributed by atoms with Gasteiger partial charge in [0.2, 0.25) is 0 Å². The van der Waals surface area contributed by atoms with E-state index in [1.807, 2.05) is 18.2 Å². The molecule has 106 valence electrons. The van der Waals surface area contributed by atoms with Gasteiger partial charge in [-0.1, -0.05) is 43.0 Å². The highest BCUT2D eigenvalue weighted by Crippen LogP contribution is 2.28. The fraction of sp³-hybridized carbons (Fsp3) is 0.294. The highest BCUT2D eigenvalue weighted by molar-refractivity contribution is 5.87. The number of aliphatic hydroxyl groups excluding tert-OH is 1. The summed E-state index contributed by atoms with van der Waals surface area (Å²) in [7, 11) is 0. The van der Waals surface area contributed by atoms with Crippen molar-refractivity contribution >= 4 is 10.8 Å². The van der Waals surface area contributed by atoms with Gasteiger partial charge in [0.1, 0.15) is 12.4 Å². The summed E-state index contributed by atoms with van der Waals surface area (Å²) in [5.41, 5.74) is 1.12. The monoisotopic (exact) mass is 271 g/mol. The van der Waals surface area contributed by atoms with Crippen LogP contribution in [0.3, 0.4) is 0 Å². The zero-order valence-corrected chi connectivity index (χ0v) is 11.8. The van der Waals surface area contributed by atoms with Crippen molar-refractivity contribution in [2.75, 3.05) is 13.2 Å². The van der Waals surface area contributed by atoms with Gasteiger partial charge in [0.15, 0.2) is 0 Å². The van der Waals surface area contributed by atoms with Gasteiger partial charge in [0.25, 0.3) is 0 Å². The molecule has 0 fully saturated rings. The van der Waals surface area contributed by atoms with E-state index < -0.39 is 0 Å². The maximum atomic E-state index is 9.35. The van der Waals surface area contributed by atoms with Crippen LogP contribution in [0, 0.1) is 0 Å². The maximum Gasteiger partial charge on any atom is 0.124 e. The van der Waals surface area contributed by atoms with Crippen molar-refractivity contribution in [3.8, 4) is 5.75 Å². The van der Waals surface area contributed by atoms with E-state index in [1.165, 1.54) is 10.8 Å². The lowest BCUT2D eigenvalue weighted by Gasteiger charge is -2.15. The predicted octanol–water partition coefficient (Wildman–Crippen LogP) is 2.88. The van der Waals surface area contributed by atoms with Crippen LogP contribution in [0.2, 0.25) is 0 Å². The van der Waals surface area contributed by atoms with Gasteiger partial charge in [-0.25, -0.2) is 0 Å². The van der Waals surface area contributed by atoms with Gasteiger partial charge in [-0.15, -0.1) is 0 Å². The Morgan fingerprint density at radius 3 is 2.85 bits per heavy atom. The van der Waals surface area contributed by atoms with Crippen LogP contribution in [0.25, 0.3) is 10.8 Å². The lowest BCUT2D eigenvalue weighted by molar-refractivity contribution is 0.191. The normalized spacial score (nSPS) is 12.3. The van der Waals surface area contributed by atoms with Crippen molar-refractivity contribution in [1.29, 1.82) is 0 Å². The number of hydrogen-bond acceptors (Lipinski definition) is 3. The minimum absolute atomic E-state index is 0.359. The fourth-order valence-electron chi connectivity index (χ4n) is 2.19. The average molecular weight is 271 g/mol. The average Bonchev–Trinajstić information content (AvgIpc) is 2.45. The number of hydrogen-bond donors (Lipinski definition) is 2. The summed E-state index contributed by atoms with van der Waals surface area (Å²) in [6.07, 6.45) is 1.38. The van der Waals surface area contributed by atoms with Crippen molar-refractivity contribution in [2.45, 2.75) is 19.6 Å². The first-order valence-electron chi connectivity index (χ1n) is 6.85. The Hall–Kier alpha value is -1.84. The van der Waals surface area contributed by atoms with E-state index in [0.717, 1.165) is 11.3 Å². The van der Waals surface area contributed by atoms with Crippen molar-refractivity contribution in [1.82, 2.24) is 5.32 Å². The summed E-state index contributed by atoms with van der Waals surface area (Å²) < 4.78 is 5.73. The number of rotatable bonds is 7. The summed E-state index contributed by atoms with van der Waals surface area (Å²) in [5.74, 6) is 0.863. The Morgan fingerprint density at radius 2 is 2.10 bits per heavy atom. The second-order valence-corrected chi connectivity index (χ2v) is 4.84. The third-order valence-electron chi connectivity index (χ3n) is 3.10. The van der Waals surface area contributed by atoms with E-state index >= 15 is 0 Å². The van der Waals surface area contributed by atoms with Crippen molar-refractivity contribution in [3.05, 3.63) is 54.6 Å². The maximum absolute atomic E-state index is 9.35. The minimum Gasteiger partial charge on any atom is -0.489 e. The Kier molecular flexibility index (Phi) is 5.16. The lowest BCUT2D eigenvalue weighted by Crippen LogP contribution is -2.24. The van der Waals surface area contributed by atoms with Gasteiger partial charge < -0.3 is 15.2 Å². The minimum atomic E-state index is -0.359. The molecule has 0 aliphatic carbocycles. The first kappa shape index (κ1) is 14.6. The van der Waals surface area contributed by atoms with Crippen molar-refractivity contribution < 1.29 is 9.84 Å². The standard InChI is InChI=1S/C17H21NO2/c1-3-10-20-17-9-8-14-6-4-5-7-15(14)16(17)12-18-11-13(2)19/h3-9,13,18-19H,1,10-12H2,2H3. The molecule has 20 heavy (non-hydrogen) atoms. The van der Waals surface area contributed by atoms with E-state index in [-0.39, 0.29) is 6.10 Å². The molecule has 0 saturated carbocycles. The van der Waals surface area contributed by atoms with Crippen LogP contribution in [0.4, 0.5) is 0 Å². The quantitative estimate of drug-likeness (QED) is 0.761. The highest BCUT2D eigenvalue weighted by atomic mass is 16.5. The Labute approximate surface area is 119 Å². The van der Waals surface area contributed by atoms with Crippen LogP contribution < -0.4 is 10.1 Å². The molecule has 0 bridgehead atoms. The molecule has 0 saturated heterocycles. The number of aliphatic hydroxyl groups is 1. The third kappa shape index (κ3) is 3.59. The number of fused-ring (bicyclic) bond motifs is 1. The topological polar surface area (TPSA) is 41.5 Å².